The molecule has 1 unspecified atom stereocenters. The van der Waals surface area contributed by atoms with Gasteiger partial charge in [0.2, 0.25) is 0 Å². The average Bonchev–Trinajstić information content (AvgIpc) is 2.33. The summed E-state index contributed by atoms with van der Waals surface area (Å²) in [5.41, 5.74) is 0.963. The van der Waals surface area contributed by atoms with E-state index < -0.39 is 0 Å². The summed E-state index contributed by atoms with van der Waals surface area (Å²) in [5, 5.41) is 0. The summed E-state index contributed by atoms with van der Waals surface area (Å²) < 4.78 is 5.40. The van der Waals surface area contributed by atoms with Crippen LogP contribution in [0.4, 0.5) is 0 Å². The van der Waals surface area contributed by atoms with E-state index in [1.54, 1.807) is 6.92 Å². The molecular weight excluding hydrogens is 139 g/mol. The molecule has 0 N–H and O–H groups in total. The molecule has 0 amide bonds. The van der Waals surface area contributed by atoms with E-state index in [1.807, 2.05) is 6.92 Å². The van der Waals surface area contributed by atoms with Gasteiger partial charge in [0.05, 0.1) is 0 Å². The van der Waals surface area contributed by atoms with Gasteiger partial charge in [-0.3, -0.25) is 0 Å². The normalized spacial score (nSPS) is 22.5. The van der Waals surface area contributed by atoms with Gasteiger partial charge in [0, 0.05) is 0 Å². The van der Waals surface area contributed by atoms with Gasteiger partial charge in [0.1, 0.15) is 0 Å². The minimum atomic E-state index is -0.201. The predicted molar refractivity (Wildman–Crippen MR) is 46.0 cm³/mol. The summed E-state index contributed by atoms with van der Waals surface area (Å²) >= 11 is 0. The summed E-state index contributed by atoms with van der Waals surface area (Å²) in [6.07, 6.45) is 0.551. The Morgan fingerprint density at radius 3 is 2.64 bits per heavy atom. The van der Waals surface area contributed by atoms with Crippen LogP contribution >= 0.6 is 0 Å². The van der Waals surface area contributed by atoms with Crippen molar-refractivity contribution in [2.45, 2.75) is 33.2 Å². The van der Waals surface area contributed by atoms with Crippen LogP contribution in [0, 0.1) is 5.92 Å². The first-order chi connectivity index (χ1) is 5.11. The molecule has 1 aliphatic rings. The van der Waals surface area contributed by atoms with E-state index in [9.17, 15) is 4.79 Å². The molecule has 0 radical (unpaired) electrons. The molecule has 0 spiro atoms. The van der Waals surface area contributed by atoms with Crippen LogP contribution in [0.15, 0.2) is 0 Å². The molecule has 1 rings (SSSR count). The van der Waals surface area contributed by atoms with Crippen LogP contribution < -0.4 is 0 Å². The third-order valence-corrected chi connectivity index (χ3v) is 1.83. The molecular formula is C8H13BO2. The zero-order valence-electron chi connectivity index (χ0n) is 7.26. The number of Topliss-reactive ketones (excluding diaryl/α,β-unsaturated/α-hetero) is 1. The maximum atomic E-state index is 10.9. The predicted octanol–water partition coefficient (Wildman–Crippen LogP) is 0.883. The summed E-state index contributed by atoms with van der Waals surface area (Å²) in [6, 6.07) is 0. The maximum absolute atomic E-state index is 10.9. The van der Waals surface area contributed by atoms with Gasteiger partial charge < -0.3 is 0 Å². The van der Waals surface area contributed by atoms with E-state index in [0.717, 1.165) is 12.0 Å². The van der Waals surface area contributed by atoms with Crippen molar-refractivity contribution < 1.29 is 9.53 Å². The Hall–Kier alpha value is -0.595. The Balaban J connectivity index is 2.49. The summed E-state index contributed by atoms with van der Waals surface area (Å²) in [7, 11) is 0. The van der Waals surface area contributed by atoms with Gasteiger partial charge in [-0.1, -0.05) is 0 Å². The second kappa shape index (κ2) is 3.20. The molecule has 0 saturated carbocycles. The Morgan fingerprint density at radius 2 is 2.36 bits per heavy atom. The first kappa shape index (κ1) is 8.50. The Kier molecular flexibility index (Phi) is 2.47. The number of carbonyl (C=O) groups excluding carboxylic acids is 1. The third kappa shape index (κ3) is 1.92. The molecule has 0 bridgehead atoms. The van der Waals surface area contributed by atoms with Gasteiger partial charge in [-0.05, 0) is 0 Å². The van der Waals surface area contributed by atoms with E-state index in [-0.39, 0.29) is 11.9 Å². The molecule has 11 heavy (non-hydrogen) atoms. The molecule has 1 aliphatic heterocycles. The summed E-state index contributed by atoms with van der Waals surface area (Å²) in [5.74, 6) is 0.524. The average molecular weight is 152 g/mol. The fourth-order valence-electron chi connectivity index (χ4n) is 1.10. The molecule has 0 aromatic heterocycles. The zero-order chi connectivity index (χ0) is 8.43. The molecule has 0 aliphatic carbocycles. The number of hydrogen-bond donors (Lipinski definition) is 0. The van der Waals surface area contributed by atoms with Crippen LogP contribution in [0.3, 0.4) is 0 Å². The zero-order valence-corrected chi connectivity index (χ0v) is 7.26. The molecule has 0 aromatic rings. The van der Waals surface area contributed by atoms with E-state index in [1.165, 1.54) is 0 Å². The molecule has 3 heteroatoms. The molecule has 0 aromatic carbocycles. The van der Waals surface area contributed by atoms with Crippen LogP contribution in [0.2, 0.25) is 6.32 Å². The third-order valence-electron chi connectivity index (χ3n) is 1.83. The quantitative estimate of drug-likeness (QED) is 0.549. The van der Waals surface area contributed by atoms with Crippen molar-refractivity contribution >= 4 is 18.4 Å². The van der Waals surface area contributed by atoms with E-state index >= 15 is 0 Å². The standard InChI is InChI=1S/C8H13BO2/c1-5(2)8-9-4-7(11-8)6(3)10/h5,7H,4H2,1-3H3. The number of hydrogen-bond acceptors (Lipinski definition) is 2. The van der Waals surface area contributed by atoms with Gasteiger partial charge in [-0.2, -0.15) is 0 Å². The Morgan fingerprint density at radius 1 is 1.73 bits per heavy atom. The van der Waals surface area contributed by atoms with Gasteiger partial charge in [0.25, 0.3) is 0 Å². The van der Waals surface area contributed by atoms with Gasteiger partial charge in [-0.15, -0.1) is 0 Å². The van der Waals surface area contributed by atoms with E-state index in [4.69, 9.17) is 4.74 Å². The second-order valence-electron chi connectivity index (χ2n) is 3.21. The molecule has 60 valence electrons. The van der Waals surface area contributed by atoms with Crippen molar-refractivity contribution in [3.8, 4) is 0 Å². The topological polar surface area (TPSA) is 26.3 Å². The SMILES string of the molecule is CC(=O)C1CB=C(C(C)C)O1. The van der Waals surface area contributed by atoms with Crippen molar-refractivity contribution in [3.05, 3.63) is 0 Å². The Labute approximate surface area is 67.8 Å². The first-order valence-electron chi connectivity index (χ1n) is 3.98. The minimum absolute atomic E-state index is 0.122. The second-order valence-corrected chi connectivity index (χ2v) is 3.21. The van der Waals surface area contributed by atoms with Crippen molar-refractivity contribution in [2.75, 3.05) is 0 Å². The molecule has 1 heterocycles. The number of rotatable bonds is 2. The van der Waals surface area contributed by atoms with Crippen LogP contribution in [-0.4, -0.2) is 24.5 Å². The van der Waals surface area contributed by atoms with Crippen LogP contribution in [0.5, 0.6) is 0 Å². The molecule has 0 fully saturated rings. The van der Waals surface area contributed by atoms with E-state index in [2.05, 4.69) is 13.8 Å². The van der Waals surface area contributed by atoms with Crippen molar-refractivity contribution in [1.82, 2.24) is 0 Å². The van der Waals surface area contributed by atoms with Crippen LogP contribution in [0.25, 0.3) is 0 Å². The molecule has 2 nitrogen and oxygen atoms in total. The summed E-state index contributed by atoms with van der Waals surface area (Å²) in [4.78, 5) is 10.9. The fourth-order valence-corrected chi connectivity index (χ4v) is 1.10. The van der Waals surface area contributed by atoms with Gasteiger partial charge in [-0.25, -0.2) is 0 Å². The van der Waals surface area contributed by atoms with Crippen LogP contribution in [-0.2, 0) is 9.53 Å². The van der Waals surface area contributed by atoms with Crippen molar-refractivity contribution in [2.24, 2.45) is 5.92 Å². The van der Waals surface area contributed by atoms with Crippen molar-refractivity contribution in [3.63, 3.8) is 0 Å². The van der Waals surface area contributed by atoms with E-state index in [0.29, 0.717) is 5.92 Å². The first-order valence-corrected chi connectivity index (χ1v) is 3.98. The summed E-state index contributed by atoms with van der Waals surface area (Å²) in [6.45, 7) is 7.71. The van der Waals surface area contributed by atoms with Crippen LogP contribution in [0.1, 0.15) is 20.8 Å². The number of ketones is 1. The van der Waals surface area contributed by atoms with Crippen molar-refractivity contribution in [1.29, 1.82) is 0 Å². The van der Waals surface area contributed by atoms with Gasteiger partial charge in [0.15, 0.2) is 0 Å². The fraction of sp³-hybridized carbons (Fsp3) is 0.750. The molecule has 0 saturated heterocycles. The monoisotopic (exact) mass is 152 g/mol. The number of carbonyl (C=O) groups is 1. The number of ether oxygens (including phenoxy) is 1. The Bertz CT molecular complexity index is 196. The molecule has 1 atom stereocenters. The van der Waals surface area contributed by atoms with Gasteiger partial charge >= 0.3 is 67.0 Å².